The maximum atomic E-state index is 12.0. The molecule has 6 nitrogen and oxygen atoms in total. The van der Waals surface area contributed by atoms with Crippen molar-refractivity contribution in [3.8, 4) is 0 Å². The first-order valence-corrected chi connectivity index (χ1v) is 6.83. The van der Waals surface area contributed by atoms with Crippen LogP contribution in [-0.2, 0) is 14.4 Å². The lowest BCUT2D eigenvalue weighted by molar-refractivity contribution is -1.06. The Labute approximate surface area is 118 Å². The highest BCUT2D eigenvalue weighted by molar-refractivity contribution is 6.01. The SMILES string of the molecule is CC(C(=O)OCC1C=CC=C[C@@H]1C)C1=N[NH+]([O-])OCC1. The number of esters is 1. The van der Waals surface area contributed by atoms with Gasteiger partial charge < -0.3 is 9.94 Å². The van der Waals surface area contributed by atoms with Gasteiger partial charge in [0, 0.05) is 12.3 Å². The number of quaternary nitrogens is 1. The van der Waals surface area contributed by atoms with E-state index < -0.39 is 11.3 Å². The van der Waals surface area contributed by atoms with Crippen molar-refractivity contribution in [1.29, 1.82) is 0 Å². The van der Waals surface area contributed by atoms with Crippen molar-refractivity contribution in [2.75, 3.05) is 13.2 Å². The second-order valence-electron chi connectivity index (χ2n) is 5.11. The molecule has 110 valence electrons. The standard InChI is InChI=1S/C14H20N2O4/c1-10-5-3-4-6-12(10)9-19-14(17)11(2)13-7-8-20-16(18)15-13/h3-6,10-12,16H,7-9H2,1-2H3/t10-,11?,12?/m0/s1. The number of hydrogen-bond acceptors (Lipinski definition) is 5. The Kier molecular flexibility index (Phi) is 5.05. The molecule has 0 spiro atoms. The van der Waals surface area contributed by atoms with Crippen LogP contribution in [0.25, 0.3) is 0 Å². The van der Waals surface area contributed by atoms with Crippen LogP contribution in [-0.4, -0.2) is 24.9 Å². The van der Waals surface area contributed by atoms with E-state index >= 15 is 0 Å². The first-order valence-electron chi connectivity index (χ1n) is 6.83. The minimum atomic E-state index is -0.625. The van der Waals surface area contributed by atoms with Crippen LogP contribution in [0.5, 0.6) is 0 Å². The molecule has 1 heterocycles. The summed E-state index contributed by atoms with van der Waals surface area (Å²) in [5.74, 6) is -0.283. The summed E-state index contributed by atoms with van der Waals surface area (Å²) in [4.78, 5) is 16.7. The third-order valence-corrected chi connectivity index (χ3v) is 3.65. The predicted molar refractivity (Wildman–Crippen MR) is 73.4 cm³/mol. The zero-order valence-electron chi connectivity index (χ0n) is 11.7. The van der Waals surface area contributed by atoms with Gasteiger partial charge in [-0.25, -0.2) is 0 Å². The number of carbonyl (C=O) groups is 1. The average Bonchev–Trinajstić information content (AvgIpc) is 2.45. The minimum Gasteiger partial charge on any atom is -0.572 e. The van der Waals surface area contributed by atoms with E-state index in [1.54, 1.807) is 6.92 Å². The summed E-state index contributed by atoms with van der Waals surface area (Å²) in [6, 6.07) is 0. The molecular formula is C14H20N2O4. The van der Waals surface area contributed by atoms with E-state index in [0.29, 0.717) is 24.7 Å². The lowest BCUT2D eigenvalue weighted by Crippen LogP contribution is -3.02. The summed E-state index contributed by atoms with van der Waals surface area (Å²) in [5, 5.41) is 14.2. The van der Waals surface area contributed by atoms with Gasteiger partial charge in [0.15, 0.2) is 0 Å². The lowest BCUT2D eigenvalue weighted by atomic mass is 9.91. The van der Waals surface area contributed by atoms with Gasteiger partial charge in [0.25, 0.3) is 0 Å². The van der Waals surface area contributed by atoms with Gasteiger partial charge in [-0.1, -0.05) is 41.7 Å². The summed E-state index contributed by atoms with van der Waals surface area (Å²) in [7, 11) is 0. The highest BCUT2D eigenvalue weighted by Crippen LogP contribution is 2.20. The van der Waals surface area contributed by atoms with Gasteiger partial charge in [-0.15, -0.1) is 0 Å². The van der Waals surface area contributed by atoms with Gasteiger partial charge in [0.1, 0.15) is 6.61 Å². The fourth-order valence-electron chi connectivity index (χ4n) is 2.17. The average molecular weight is 280 g/mol. The van der Waals surface area contributed by atoms with E-state index in [1.165, 1.54) is 0 Å². The van der Waals surface area contributed by atoms with Crippen molar-refractivity contribution in [2.45, 2.75) is 20.3 Å². The second kappa shape index (κ2) is 6.78. The summed E-state index contributed by atoms with van der Waals surface area (Å²) >= 11 is 0. The molecule has 6 heteroatoms. The van der Waals surface area contributed by atoms with Gasteiger partial charge >= 0.3 is 5.97 Å². The van der Waals surface area contributed by atoms with Crippen LogP contribution in [0.2, 0.25) is 0 Å². The van der Waals surface area contributed by atoms with Crippen LogP contribution in [0.3, 0.4) is 0 Å². The van der Waals surface area contributed by atoms with Crippen LogP contribution >= 0.6 is 0 Å². The Morgan fingerprint density at radius 3 is 3.05 bits per heavy atom. The molecule has 1 aliphatic carbocycles. The van der Waals surface area contributed by atoms with E-state index in [2.05, 4.69) is 18.1 Å². The fraction of sp³-hybridized carbons (Fsp3) is 0.571. The van der Waals surface area contributed by atoms with Gasteiger partial charge in [0.2, 0.25) is 0 Å². The molecule has 0 fully saturated rings. The molecule has 0 amide bonds. The predicted octanol–water partition coefficient (Wildman–Crippen LogP) is 0.618. The van der Waals surface area contributed by atoms with E-state index in [4.69, 9.17) is 9.57 Å². The quantitative estimate of drug-likeness (QED) is 0.605. The molecule has 1 aliphatic heterocycles. The van der Waals surface area contributed by atoms with Crippen LogP contribution in [0.1, 0.15) is 20.3 Å². The van der Waals surface area contributed by atoms with Crippen molar-refractivity contribution in [2.24, 2.45) is 22.9 Å². The molecule has 0 saturated carbocycles. The molecule has 2 aliphatic rings. The molecule has 3 unspecified atom stereocenters. The maximum absolute atomic E-state index is 12.0. The highest BCUT2D eigenvalue weighted by Gasteiger charge is 2.26. The van der Waals surface area contributed by atoms with E-state index in [9.17, 15) is 10.0 Å². The topological polar surface area (TPSA) is 75.4 Å². The number of allylic oxidation sites excluding steroid dienone is 3. The zero-order valence-corrected chi connectivity index (χ0v) is 11.7. The fourth-order valence-corrected chi connectivity index (χ4v) is 2.17. The minimum absolute atomic E-state index is 0.203. The number of nitrogens with one attached hydrogen (secondary N) is 1. The van der Waals surface area contributed by atoms with E-state index in [-0.39, 0.29) is 18.5 Å². The molecule has 1 N–H and O–H groups in total. The summed E-state index contributed by atoms with van der Waals surface area (Å²) in [6.07, 6.45) is 8.57. The second-order valence-corrected chi connectivity index (χ2v) is 5.11. The molecule has 0 radical (unpaired) electrons. The third-order valence-electron chi connectivity index (χ3n) is 3.65. The van der Waals surface area contributed by atoms with E-state index in [1.807, 2.05) is 18.2 Å². The highest BCUT2D eigenvalue weighted by atomic mass is 16.9. The summed E-state index contributed by atoms with van der Waals surface area (Å²) in [6.45, 7) is 4.42. The maximum Gasteiger partial charge on any atom is 0.314 e. The van der Waals surface area contributed by atoms with Crippen molar-refractivity contribution in [3.63, 3.8) is 0 Å². The molecule has 2 rings (SSSR count). The molecule has 0 bridgehead atoms. The molecule has 0 saturated heterocycles. The number of rotatable bonds is 4. The van der Waals surface area contributed by atoms with Crippen LogP contribution in [0.15, 0.2) is 29.4 Å². The van der Waals surface area contributed by atoms with Crippen molar-refractivity contribution < 1.29 is 19.7 Å². The Morgan fingerprint density at radius 1 is 1.60 bits per heavy atom. The van der Waals surface area contributed by atoms with Crippen molar-refractivity contribution in [1.82, 2.24) is 0 Å². The molecule has 0 aromatic rings. The lowest BCUT2D eigenvalue weighted by Gasteiger charge is -2.23. The monoisotopic (exact) mass is 280 g/mol. The Bertz CT molecular complexity index is 444. The summed E-state index contributed by atoms with van der Waals surface area (Å²) in [5.41, 5.74) is 0.540. The largest absolute Gasteiger partial charge is 0.572 e. The molecule has 0 aromatic heterocycles. The van der Waals surface area contributed by atoms with Gasteiger partial charge in [0.05, 0.1) is 18.2 Å². The number of ether oxygens (including phenoxy) is 1. The van der Waals surface area contributed by atoms with Crippen molar-refractivity contribution >= 4 is 11.7 Å². The first kappa shape index (κ1) is 14.9. The Morgan fingerprint density at radius 2 is 2.35 bits per heavy atom. The van der Waals surface area contributed by atoms with Crippen LogP contribution < -0.4 is 5.34 Å². The molecule has 0 aromatic carbocycles. The zero-order chi connectivity index (χ0) is 14.5. The summed E-state index contributed by atoms with van der Waals surface area (Å²) < 4.78 is 5.35. The van der Waals surface area contributed by atoms with Gasteiger partial charge in [-0.2, -0.15) is 4.84 Å². The Balaban J connectivity index is 1.85. The van der Waals surface area contributed by atoms with E-state index in [0.717, 1.165) is 0 Å². The first-order chi connectivity index (χ1) is 9.58. The van der Waals surface area contributed by atoms with Gasteiger partial charge in [-0.3, -0.25) is 4.79 Å². The smallest absolute Gasteiger partial charge is 0.314 e. The van der Waals surface area contributed by atoms with Crippen LogP contribution in [0.4, 0.5) is 0 Å². The Hall–Kier alpha value is -1.50. The number of nitrogens with zero attached hydrogens (tertiary/aromatic N) is 1. The molecule has 4 atom stereocenters. The van der Waals surface area contributed by atoms with Gasteiger partial charge in [-0.05, 0) is 12.8 Å². The number of hydrogen-bond donors (Lipinski definition) is 1. The van der Waals surface area contributed by atoms with Crippen LogP contribution in [0, 0.1) is 23.0 Å². The number of carbonyl (C=O) groups excluding carboxylic acids is 1. The molecular weight excluding hydrogens is 260 g/mol. The normalized spacial score (nSPS) is 30.8. The molecule has 20 heavy (non-hydrogen) atoms. The van der Waals surface area contributed by atoms with Crippen molar-refractivity contribution in [3.05, 3.63) is 29.5 Å². The third kappa shape index (κ3) is 3.75.